The number of imidazole rings is 1. The molecule has 2 heterocycles. The van der Waals surface area contributed by atoms with Crippen LogP contribution in [-0.4, -0.2) is 34.0 Å². The summed E-state index contributed by atoms with van der Waals surface area (Å²) in [6, 6.07) is 7.42. The molecule has 5 heteroatoms. The number of likely N-dealkylation sites (N-methyl/N-ethyl adjacent to an activating group) is 1. The van der Waals surface area contributed by atoms with Crippen LogP contribution in [-0.2, 0) is 4.79 Å². The summed E-state index contributed by atoms with van der Waals surface area (Å²) in [5.74, 6) is 0.934. The van der Waals surface area contributed by atoms with Gasteiger partial charge in [0.25, 0.3) is 0 Å². The summed E-state index contributed by atoms with van der Waals surface area (Å²) in [7, 11) is 1.83. The minimum absolute atomic E-state index is 0.142. The lowest BCUT2D eigenvalue weighted by molar-refractivity contribution is -0.129. The molecule has 1 fully saturated rings. The first-order chi connectivity index (χ1) is 9.16. The molecule has 1 aromatic heterocycles. The van der Waals surface area contributed by atoms with E-state index >= 15 is 0 Å². The van der Waals surface area contributed by atoms with Gasteiger partial charge in [-0.15, -0.1) is 0 Å². The van der Waals surface area contributed by atoms with Gasteiger partial charge >= 0.3 is 0 Å². The van der Waals surface area contributed by atoms with Gasteiger partial charge in [-0.2, -0.15) is 0 Å². The van der Waals surface area contributed by atoms with E-state index in [-0.39, 0.29) is 11.9 Å². The molecule has 2 N–H and O–H groups in total. The van der Waals surface area contributed by atoms with Gasteiger partial charge in [0.05, 0.1) is 0 Å². The highest BCUT2D eigenvalue weighted by Crippen LogP contribution is 2.28. The summed E-state index contributed by atoms with van der Waals surface area (Å²) in [5.41, 5.74) is 7.44. The number of rotatable bonds is 2. The maximum atomic E-state index is 12.1. The van der Waals surface area contributed by atoms with Gasteiger partial charge in [-0.3, -0.25) is 4.79 Å². The van der Waals surface area contributed by atoms with Crippen molar-refractivity contribution in [3.05, 3.63) is 36.7 Å². The van der Waals surface area contributed by atoms with E-state index in [1.807, 2.05) is 42.1 Å². The summed E-state index contributed by atoms with van der Waals surface area (Å²) < 4.78 is 1.95. The van der Waals surface area contributed by atoms with Gasteiger partial charge in [-0.05, 0) is 18.6 Å². The second-order valence-corrected chi connectivity index (χ2v) is 4.85. The smallest absolute Gasteiger partial charge is 0.245 e. The Labute approximate surface area is 111 Å². The number of benzene rings is 1. The normalized spacial score (nSPS) is 19.1. The van der Waals surface area contributed by atoms with Crippen molar-refractivity contribution in [1.29, 1.82) is 0 Å². The van der Waals surface area contributed by atoms with Crippen LogP contribution >= 0.6 is 0 Å². The number of nitrogens with two attached hydrogens (primary N) is 1. The third-order valence-electron chi connectivity index (χ3n) is 3.55. The number of anilines is 1. The average molecular weight is 256 g/mol. The largest absolute Gasteiger partial charge is 0.399 e. The Kier molecular flexibility index (Phi) is 2.74. The Bertz CT molecular complexity index is 619. The van der Waals surface area contributed by atoms with Crippen LogP contribution in [0.15, 0.2) is 36.7 Å². The highest BCUT2D eigenvalue weighted by atomic mass is 16.2. The SMILES string of the molecule is CN1CCC(n2ccnc2-c2cccc(N)c2)C1=O. The topological polar surface area (TPSA) is 64.2 Å². The fourth-order valence-corrected chi connectivity index (χ4v) is 2.53. The average Bonchev–Trinajstić information content (AvgIpc) is 2.98. The van der Waals surface area contributed by atoms with Crippen molar-refractivity contribution in [3.63, 3.8) is 0 Å². The Morgan fingerprint density at radius 2 is 2.26 bits per heavy atom. The number of carbonyl (C=O) groups is 1. The number of aromatic nitrogens is 2. The number of carbonyl (C=O) groups excluding carboxylic acids is 1. The standard InChI is InChI=1S/C14H16N4O/c1-17-7-5-12(14(17)19)18-8-6-16-13(18)10-3-2-4-11(15)9-10/h2-4,6,8-9,12H,5,7,15H2,1H3. The van der Waals surface area contributed by atoms with Gasteiger partial charge in [0.1, 0.15) is 11.9 Å². The molecule has 1 aliphatic heterocycles. The van der Waals surface area contributed by atoms with Gasteiger partial charge < -0.3 is 15.2 Å². The molecule has 19 heavy (non-hydrogen) atoms. The number of nitrogens with zero attached hydrogens (tertiary/aromatic N) is 3. The zero-order valence-corrected chi connectivity index (χ0v) is 10.8. The fourth-order valence-electron chi connectivity index (χ4n) is 2.53. The maximum absolute atomic E-state index is 12.1. The Balaban J connectivity index is 2.02. The summed E-state index contributed by atoms with van der Waals surface area (Å²) in [4.78, 5) is 18.2. The third-order valence-corrected chi connectivity index (χ3v) is 3.55. The van der Waals surface area contributed by atoms with Gasteiger partial charge in [0.2, 0.25) is 5.91 Å². The maximum Gasteiger partial charge on any atom is 0.245 e. The van der Waals surface area contributed by atoms with Crippen molar-refractivity contribution in [2.24, 2.45) is 0 Å². The molecule has 1 saturated heterocycles. The number of nitrogen functional groups attached to an aromatic ring is 1. The van der Waals surface area contributed by atoms with Crippen LogP contribution in [0.2, 0.25) is 0 Å². The molecule has 2 aromatic rings. The van der Waals surface area contributed by atoms with Crippen molar-refractivity contribution < 1.29 is 4.79 Å². The lowest BCUT2D eigenvalue weighted by Gasteiger charge is -2.14. The molecule has 98 valence electrons. The molecule has 1 amide bonds. The summed E-state index contributed by atoms with van der Waals surface area (Å²) >= 11 is 0. The van der Waals surface area contributed by atoms with E-state index in [0.717, 1.165) is 24.4 Å². The van der Waals surface area contributed by atoms with Crippen LogP contribution in [0.25, 0.3) is 11.4 Å². The molecule has 5 nitrogen and oxygen atoms in total. The minimum Gasteiger partial charge on any atom is -0.399 e. The van der Waals surface area contributed by atoms with E-state index in [4.69, 9.17) is 5.73 Å². The first-order valence-corrected chi connectivity index (χ1v) is 6.30. The molecular weight excluding hydrogens is 240 g/mol. The second kappa shape index (κ2) is 4.42. The quantitative estimate of drug-likeness (QED) is 0.829. The van der Waals surface area contributed by atoms with Crippen molar-refractivity contribution in [3.8, 4) is 11.4 Å². The Morgan fingerprint density at radius 3 is 2.95 bits per heavy atom. The number of hydrogen-bond donors (Lipinski definition) is 1. The summed E-state index contributed by atoms with van der Waals surface area (Å²) in [6.07, 6.45) is 4.41. The first kappa shape index (κ1) is 11.8. The Hall–Kier alpha value is -2.30. The first-order valence-electron chi connectivity index (χ1n) is 6.30. The molecule has 3 rings (SSSR count). The van der Waals surface area contributed by atoms with Gasteiger partial charge in [-0.1, -0.05) is 12.1 Å². The predicted molar refractivity (Wildman–Crippen MR) is 73.4 cm³/mol. The summed E-state index contributed by atoms with van der Waals surface area (Å²) in [5, 5.41) is 0. The number of likely N-dealkylation sites (tertiary alicyclic amines) is 1. The van der Waals surface area contributed by atoms with Crippen LogP contribution < -0.4 is 5.73 Å². The molecule has 1 unspecified atom stereocenters. The van der Waals surface area contributed by atoms with E-state index in [9.17, 15) is 4.79 Å². The van der Waals surface area contributed by atoms with E-state index < -0.39 is 0 Å². The van der Waals surface area contributed by atoms with Crippen molar-refractivity contribution in [2.75, 3.05) is 19.3 Å². The van der Waals surface area contributed by atoms with Gasteiger partial charge in [0, 0.05) is 37.2 Å². The van der Waals surface area contributed by atoms with Crippen LogP contribution in [0.3, 0.4) is 0 Å². The van der Waals surface area contributed by atoms with E-state index in [0.29, 0.717) is 5.69 Å². The van der Waals surface area contributed by atoms with Crippen LogP contribution in [0.1, 0.15) is 12.5 Å². The van der Waals surface area contributed by atoms with Crippen molar-refractivity contribution >= 4 is 11.6 Å². The van der Waals surface area contributed by atoms with Crippen LogP contribution in [0.4, 0.5) is 5.69 Å². The molecule has 0 bridgehead atoms. The van der Waals surface area contributed by atoms with E-state index in [2.05, 4.69) is 4.98 Å². The zero-order valence-electron chi connectivity index (χ0n) is 10.8. The third kappa shape index (κ3) is 1.97. The Morgan fingerprint density at radius 1 is 1.42 bits per heavy atom. The highest BCUT2D eigenvalue weighted by Gasteiger charge is 2.31. The predicted octanol–water partition coefficient (Wildman–Crippen LogP) is 1.54. The zero-order chi connectivity index (χ0) is 13.4. The summed E-state index contributed by atoms with van der Waals surface area (Å²) in [6.45, 7) is 0.790. The van der Waals surface area contributed by atoms with Crippen LogP contribution in [0, 0.1) is 0 Å². The van der Waals surface area contributed by atoms with E-state index in [1.54, 1.807) is 11.1 Å². The molecule has 0 aliphatic carbocycles. The van der Waals surface area contributed by atoms with Crippen molar-refractivity contribution in [2.45, 2.75) is 12.5 Å². The fraction of sp³-hybridized carbons (Fsp3) is 0.286. The minimum atomic E-state index is -0.149. The molecule has 0 saturated carbocycles. The molecular formula is C14H16N4O. The second-order valence-electron chi connectivity index (χ2n) is 4.85. The monoisotopic (exact) mass is 256 g/mol. The molecule has 1 atom stereocenters. The lowest BCUT2D eigenvalue weighted by atomic mass is 10.1. The number of amides is 1. The lowest BCUT2D eigenvalue weighted by Crippen LogP contribution is -2.24. The van der Waals surface area contributed by atoms with Gasteiger partial charge in [0.15, 0.2) is 0 Å². The molecule has 0 radical (unpaired) electrons. The van der Waals surface area contributed by atoms with E-state index in [1.165, 1.54) is 0 Å². The molecule has 0 spiro atoms. The molecule has 1 aliphatic rings. The highest BCUT2D eigenvalue weighted by molar-refractivity contribution is 5.83. The number of hydrogen-bond acceptors (Lipinski definition) is 3. The van der Waals surface area contributed by atoms with Crippen LogP contribution in [0.5, 0.6) is 0 Å². The molecule has 1 aromatic carbocycles. The van der Waals surface area contributed by atoms with Gasteiger partial charge in [-0.25, -0.2) is 4.98 Å². The van der Waals surface area contributed by atoms with Crippen molar-refractivity contribution in [1.82, 2.24) is 14.5 Å².